The lowest BCUT2D eigenvalue weighted by atomic mass is 9.90. The molecule has 3 heterocycles. The molecule has 1 saturated carbocycles. The first-order valence-corrected chi connectivity index (χ1v) is 9.53. The van der Waals surface area contributed by atoms with Crippen LogP contribution in [0.2, 0.25) is 0 Å². The number of piperidine rings is 1. The number of methoxy groups -OCH3 is 1. The number of likely N-dealkylation sites (tertiary alicyclic amines) is 1. The molecule has 2 aliphatic heterocycles. The van der Waals surface area contributed by atoms with E-state index in [1.807, 2.05) is 6.07 Å². The predicted molar refractivity (Wildman–Crippen MR) is 100 cm³/mol. The number of rotatable bonds is 4. The normalized spacial score (nSPS) is 25.4. The van der Waals surface area contributed by atoms with E-state index in [4.69, 9.17) is 4.74 Å². The Hall–Kier alpha value is -2.14. The van der Waals surface area contributed by atoms with Gasteiger partial charge in [-0.3, -0.25) is 4.98 Å². The van der Waals surface area contributed by atoms with Crippen LogP contribution in [-0.2, 0) is 4.74 Å². The lowest BCUT2D eigenvalue weighted by Gasteiger charge is -2.42. The average Bonchev–Trinajstić information content (AvgIpc) is 3.52. The van der Waals surface area contributed by atoms with Crippen LogP contribution in [0.5, 0.6) is 0 Å². The van der Waals surface area contributed by atoms with Crippen molar-refractivity contribution in [2.75, 3.05) is 25.5 Å². The number of nitrogens with zero attached hydrogens (tertiary/aromatic N) is 3. The molecule has 0 amide bonds. The molecule has 1 aliphatic carbocycles. The minimum Gasteiger partial charge on any atom is -0.387 e. The summed E-state index contributed by atoms with van der Waals surface area (Å²) in [7, 11) is 1.73. The number of nitrogens with one attached hydrogen (secondary N) is 1. The topological polar surface area (TPSA) is 102 Å². The standard InChI is InChI=1S/C20H26N4O3/c1-20(27-2)5-7-24(8-6-20)17-13-9-15(18(25)12-3-4-12)22-11-16(13)23-19(26)14(17)10-21/h9,11-12,18-19,23,25-26H,3-8H2,1-2H3. The van der Waals surface area contributed by atoms with Crippen LogP contribution >= 0.6 is 0 Å². The Balaban J connectivity index is 1.72. The lowest BCUT2D eigenvalue weighted by molar-refractivity contribution is -0.0335. The van der Waals surface area contributed by atoms with Gasteiger partial charge in [0.2, 0.25) is 0 Å². The van der Waals surface area contributed by atoms with Gasteiger partial charge in [0.1, 0.15) is 11.6 Å². The molecule has 27 heavy (non-hydrogen) atoms. The minimum absolute atomic E-state index is 0.163. The number of aliphatic hydroxyl groups excluding tert-OH is 2. The van der Waals surface area contributed by atoms with E-state index in [-0.39, 0.29) is 11.5 Å². The van der Waals surface area contributed by atoms with Gasteiger partial charge in [0, 0.05) is 25.8 Å². The molecule has 3 aliphatic rings. The Kier molecular flexibility index (Phi) is 4.58. The number of anilines is 1. The van der Waals surface area contributed by atoms with E-state index < -0.39 is 12.3 Å². The molecule has 0 aromatic carbocycles. The van der Waals surface area contributed by atoms with Crippen molar-refractivity contribution in [3.8, 4) is 6.07 Å². The Morgan fingerprint density at radius 1 is 1.41 bits per heavy atom. The van der Waals surface area contributed by atoms with Crippen molar-refractivity contribution in [3.63, 3.8) is 0 Å². The Bertz CT molecular complexity index is 804. The maximum atomic E-state index is 10.5. The highest BCUT2D eigenvalue weighted by molar-refractivity contribution is 5.83. The summed E-state index contributed by atoms with van der Waals surface area (Å²) >= 11 is 0. The van der Waals surface area contributed by atoms with Gasteiger partial charge < -0.3 is 25.2 Å². The van der Waals surface area contributed by atoms with Crippen LogP contribution in [0, 0.1) is 17.2 Å². The minimum atomic E-state index is -1.06. The molecule has 3 N–H and O–H groups in total. The molecule has 2 atom stereocenters. The average molecular weight is 370 g/mol. The molecule has 2 unspecified atom stereocenters. The van der Waals surface area contributed by atoms with Gasteiger partial charge in [-0.15, -0.1) is 0 Å². The Morgan fingerprint density at radius 3 is 2.70 bits per heavy atom. The van der Waals surface area contributed by atoms with Gasteiger partial charge in [-0.25, -0.2) is 0 Å². The van der Waals surface area contributed by atoms with Crippen LogP contribution in [0.25, 0.3) is 5.70 Å². The number of pyridine rings is 1. The van der Waals surface area contributed by atoms with Crippen molar-refractivity contribution >= 4 is 11.4 Å². The third kappa shape index (κ3) is 3.29. The van der Waals surface area contributed by atoms with Gasteiger partial charge in [-0.1, -0.05) is 0 Å². The van der Waals surface area contributed by atoms with Crippen molar-refractivity contribution < 1.29 is 14.9 Å². The predicted octanol–water partition coefficient (Wildman–Crippen LogP) is 2.00. The Labute approximate surface area is 159 Å². The Morgan fingerprint density at radius 2 is 2.11 bits per heavy atom. The first-order valence-electron chi connectivity index (χ1n) is 9.53. The fourth-order valence-corrected chi connectivity index (χ4v) is 3.95. The molecule has 2 fully saturated rings. The molecule has 1 aromatic heterocycles. The SMILES string of the molecule is COC1(C)CCN(C2=C(C#N)C(O)Nc3cnc(C(O)C4CC4)cc32)CC1. The number of aliphatic hydroxyl groups is 2. The van der Waals surface area contributed by atoms with E-state index in [0.29, 0.717) is 17.0 Å². The zero-order chi connectivity index (χ0) is 19.2. The van der Waals surface area contributed by atoms with Crippen molar-refractivity contribution in [2.24, 2.45) is 5.92 Å². The highest BCUT2D eigenvalue weighted by atomic mass is 16.5. The number of hydrogen-bond donors (Lipinski definition) is 3. The van der Waals surface area contributed by atoms with Crippen LogP contribution < -0.4 is 5.32 Å². The van der Waals surface area contributed by atoms with Crippen LogP contribution in [0.3, 0.4) is 0 Å². The summed E-state index contributed by atoms with van der Waals surface area (Å²) in [4.78, 5) is 6.54. The molecule has 7 nitrogen and oxygen atoms in total. The summed E-state index contributed by atoms with van der Waals surface area (Å²) in [5, 5.41) is 33.6. The zero-order valence-corrected chi connectivity index (χ0v) is 15.8. The second kappa shape index (κ2) is 6.79. The fraction of sp³-hybridized carbons (Fsp3) is 0.600. The maximum Gasteiger partial charge on any atom is 0.162 e. The highest BCUT2D eigenvalue weighted by Gasteiger charge is 2.37. The van der Waals surface area contributed by atoms with Gasteiger partial charge in [-0.05, 0) is 44.6 Å². The van der Waals surface area contributed by atoms with Gasteiger partial charge in [0.25, 0.3) is 0 Å². The van der Waals surface area contributed by atoms with Crippen LogP contribution in [0.1, 0.15) is 50.0 Å². The summed E-state index contributed by atoms with van der Waals surface area (Å²) in [6.07, 6.45) is 3.73. The summed E-state index contributed by atoms with van der Waals surface area (Å²) in [6.45, 7) is 3.57. The molecule has 1 aromatic rings. The monoisotopic (exact) mass is 370 g/mol. The first kappa shape index (κ1) is 18.2. The van der Waals surface area contributed by atoms with E-state index in [1.54, 1.807) is 13.3 Å². The molecular formula is C20H26N4O3. The lowest BCUT2D eigenvalue weighted by Crippen LogP contribution is -2.44. The summed E-state index contributed by atoms with van der Waals surface area (Å²) in [5.41, 5.74) is 3.02. The van der Waals surface area contributed by atoms with Crippen molar-refractivity contribution in [1.82, 2.24) is 9.88 Å². The zero-order valence-electron chi connectivity index (χ0n) is 15.8. The van der Waals surface area contributed by atoms with E-state index in [0.717, 1.165) is 50.0 Å². The molecule has 4 rings (SSSR count). The van der Waals surface area contributed by atoms with Crippen molar-refractivity contribution in [2.45, 2.75) is 50.5 Å². The number of aromatic nitrogens is 1. The second-order valence-electron chi connectivity index (χ2n) is 8.00. The molecule has 7 heteroatoms. The highest BCUT2D eigenvalue weighted by Crippen LogP contribution is 2.43. The van der Waals surface area contributed by atoms with Gasteiger partial charge >= 0.3 is 0 Å². The molecule has 0 bridgehead atoms. The summed E-state index contributed by atoms with van der Waals surface area (Å²) in [6, 6.07) is 4.04. The molecule has 144 valence electrons. The maximum absolute atomic E-state index is 10.5. The van der Waals surface area contributed by atoms with Gasteiger partial charge in [0.05, 0.1) is 35.0 Å². The number of ether oxygens (including phenoxy) is 1. The largest absolute Gasteiger partial charge is 0.387 e. The molecule has 0 spiro atoms. The van der Waals surface area contributed by atoms with Crippen LogP contribution in [-0.4, -0.2) is 52.1 Å². The number of fused-ring (bicyclic) bond motifs is 1. The number of nitriles is 1. The van der Waals surface area contributed by atoms with Crippen LogP contribution in [0.4, 0.5) is 5.69 Å². The number of hydrogen-bond acceptors (Lipinski definition) is 7. The fourth-order valence-electron chi connectivity index (χ4n) is 3.95. The first-order chi connectivity index (χ1) is 13.0. The molecular weight excluding hydrogens is 344 g/mol. The summed E-state index contributed by atoms with van der Waals surface area (Å²) < 4.78 is 5.63. The third-order valence-corrected chi connectivity index (χ3v) is 6.12. The smallest absolute Gasteiger partial charge is 0.162 e. The van der Waals surface area contributed by atoms with Crippen LogP contribution in [0.15, 0.2) is 17.8 Å². The van der Waals surface area contributed by atoms with E-state index in [1.165, 1.54) is 0 Å². The molecule has 0 radical (unpaired) electrons. The third-order valence-electron chi connectivity index (χ3n) is 6.12. The van der Waals surface area contributed by atoms with E-state index in [9.17, 15) is 15.5 Å². The van der Waals surface area contributed by atoms with Crippen molar-refractivity contribution in [3.05, 3.63) is 29.1 Å². The quantitative estimate of drug-likeness (QED) is 0.745. The van der Waals surface area contributed by atoms with Gasteiger partial charge in [0.15, 0.2) is 6.23 Å². The molecule has 1 saturated heterocycles. The van der Waals surface area contributed by atoms with Crippen molar-refractivity contribution in [1.29, 1.82) is 5.26 Å². The van der Waals surface area contributed by atoms with Gasteiger partial charge in [-0.2, -0.15) is 5.26 Å². The second-order valence-corrected chi connectivity index (χ2v) is 8.00. The van der Waals surface area contributed by atoms with E-state index in [2.05, 4.69) is 28.2 Å². The van der Waals surface area contributed by atoms with E-state index >= 15 is 0 Å². The summed E-state index contributed by atoms with van der Waals surface area (Å²) in [5.74, 6) is 0.276.